The predicted molar refractivity (Wildman–Crippen MR) is 110 cm³/mol. The van der Waals surface area contributed by atoms with Crippen molar-refractivity contribution >= 4 is 16.8 Å². The lowest BCUT2D eigenvalue weighted by molar-refractivity contribution is 0.0573. The number of benzene rings is 1. The largest absolute Gasteiger partial charge is 0.346 e. The van der Waals surface area contributed by atoms with Crippen LogP contribution in [0.4, 0.5) is 0 Å². The molecular formula is C22H32N4O. The van der Waals surface area contributed by atoms with Crippen LogP contribution in [-0.4, -0.2) is 78.0 Å². The minimum absolute atomic E-state index is 0.184. The number of carbonyl (C=O) groups excluding carboxylic acids is 1. The first-order chi connectivity index (χ1) is 13.1. The Morgan fingerprint density at radius 3 is 2.52 bits per heavy atom. The molecule has 0 N–H and O–H groups in total. The van der Waals surface area contributed by atoms with Crippen LogP contribution in [0.15, 0.2) is 30.5 Å². The van der Waals surface area contributed by atoms with Crippen molar-refractivity contribution in [3.63, 3.8) is 0 Å². The number of carbonyl (C=O) groups is 1. The van der Waals surface area contributed by atoms with E-state index >= 15 is 0 Å². The fourth-order valence-electron chi connectivity index (χ4n) is 4.58. The van der Waals surface area contributed by atoms with Crippen molar-refractivity contribution in [2.75, 3.05) is 46.8 Å². The minimum atomic E-state index is 0.184. The van der Waals surface area contributed by atoms with Crippen LogP contribution in [0.5, 0.6) is 0 Å². The van der Waals surface area contributed by atoms with Crippen LogP contribution < -0.4 is 0 Å². The Balaban J connectivity index is 1.41. The first-order valence-electron chi connectivity index (χ1n) is 10.4. The Morgan fingerprint density at radius 2 is 1.81 bits per heavy atom. The number of rotatable bonds is 5. The number of hydrogen-bond donors (Lipinski definition) is 0. The van der Waals surface area contributed by atoms with Gasteiger partial charge in [-0.1, -0.05) is 12.8 Å². The summed E-state index contributed by atoms with van der Waals surface area (Å²) in [6.45, 7) is 5.75. The fraction of sp³-hybridized carbons (Fsp3) is 0.591. The van der Waals surface area contributed by atoms with Gasteiger partial charge in [-0.15, -0.1) is 0 Å². The lowest BCUT2D eigenvalue weighted by Gasteiger charge is -2.38. The van der Waals surface area contributed by atoms with Gasteiger partial charge < -0.3 is 14.4 Å². The van der Waals surface area contributed by atoms with E-state index in [9.17, 15) is 4.79 Å². The van der Waals surface area contributed by atoms with Gasteiger partial charge in [0.25, 0.3) is 5.91 Å². The molecular weight excluding hydrogens is 336 g/mol. The van der Waals surface area contributed by atoms with E-state index in [4.69, 9.17) is 0 Å². The lowest BCUT2D eigenvalue weighted by Crippen LogP contribution is -2.51. The normalized spacial score (nSPS) is 19.4. The molecule has 2 aromatic rings. The zero-order valence-corrected chi connectivity index (χ0v) is 16.7. The molecule has 5 heteroatoms. The summed E-state index contributed by atoms with van der Waals surface area (Å²) in [6, 6.07) is 9.06. The number of fused-ring (bicyclic) bond motifs is 1. The SMILES string of the molecule is CN(C)CCn1ccc2cc(C(=O)N3CCN(C4CCCC4)CC3)ccc21. The second-order valence-corrected chi connectivity index (χ2v) is 8.35. The second kappa shape index (κ2) is 8.03. The Morgan fingerprint density at radius 1 is 1.07 bits per heavy atom. The zero-order chi connectivity index (χ0) is 18.8. The molecule has 1 aliphatic heterocycles. The first kappa shape index (κ1) is 18.5. The average Bonchev–Trinajstić information content (AvgIpc) is 3.35. The number of nitrogens with zero attached hydrogens (tertiary/aromatic N) is 4. The summed E-state index contributed by atoms with van der Waals surface area (Å²) < 4.78 is 2.27. The molecule has 1 aliphatic carbocycles. The van der Waals surface area contributed by atoms with Crippen LogP contribution in [0.2, 0.25) is 0 Å². The average molecular weight is 369 g/mol. The molecule has 1 saturated carbocycles. The topological polar surface area (TPSA) is 31.7 Å². The highest BCUT2D eigenvalue weighted by Crippen LogP contribution is 2.25. The van der Waals surface area contributed by atoms with Crippen molar-refractivity contribution in [3.05, 3.63) is 36.0 Å². The maximum atomic E-state index is 13.0. The minimum Gasteiger partial charge on any atom is -0.346 e. The van der Waals surface area contributed by atoms with Crippen LogP contribution in [0, 0.1) is 0 Å². The quantitative estimate of drug-likeness (QED) is 0.813. The van der Waals surface area contributed by atoms with E-state index in [2.05, 4.69) is 52.9 Å². The molecule has 0 unspecified atom stereocenters. The summed E-state index contributed by atoms with van der Waals surface area (Å²) in [5, 5.41) is 1.16. The number of amides is 1. The second-order valence-electron chi connectivity index (χ2n) is 8.35. The van der Waals surface area contributed by atoms with Crippen molar-refractivity contribution < 1.29 is 4.79 Å². The van der Waals surface area contributed by atoms with Gasteiger partial charge in [-0.2, -0.15) is 0 Å². The van der Waals surface area contributed by atoms with E-state index in [0.29, 0.717) is 0 Å². The van der Waals surface area contributed by atoms with Gasteiger partial charge in [0, 0.05) is 68.0 Å². The Labute approximate surface area is 162 Å². The molecule has 4 rings (SSSR count). The molecule has 5 nitrogen and oxygen atoms in total. The van der Waals surface area contributed by atoms with Crippen LogP contribution in [-0.2, 0) is 6.54 Å². The molecule has 146 valence electrons. The fourth-order valence-corrected chi connectivity index (χ4v) is 4.58. The molecule has 27 heavy (non-hydrogen) atoms. The van der Waals surface area contributed by atoms with Crippen molar-refractivity contribution in [1.29, 1.82) is 0 Å². The van der Waals surface area contributed by atoms with Gasteiger partial charge in [0.1, 0.15) is 0 Å². The van der Waals surface area contributed by atoms with E-state index < -0.39 is 0 Å². The maximum absolute atomic E-state index is 13.0. The molecule has 0 atom stereocenters. The summed E-state index contributed by atoms with van der Waals surface area (Å²) in [5.41, 5.74) is 2.03. The summed E-state index contributed by atoms with van der Waals surface area (Å²) in [4.78, 5) is 19.8. The highest BCUT2D eigenvalue weighted by atomic mass is 16.2. The Hall–Kier alpha value is -1.85. The van der Waals surface area contributed by atoms with Gasteiger partial charge in [-0.3, -0.25) is 9.69 Å². The summed E-state index contributed by atoms with van der Waals surface area (Å²) in [7, 11) is 4.18. The Bertz CT molecular complexity index is 783. The third-order valence-electron chi connectivity index (χ3n) is 6.25. The van der Waals surface area contributed by atoms with E-state index in [-0.39, 0.29) is 5.91 Å². The molecule has 1 aromatic heterocycles. The summed E-state index contributed by atoms with van der Waals surface area (Å²) in [6.07, 6.45) is 7.56. The van der Waals surface area contributed by atoms with Gasteiger partial charge in [0.15, 0.2) is 0 Å². The van der Waals surface area contributed by atoms with E-state index in [1.54, 1.807) is 0 Å². The van der Waals surface area contributed by atoms with Gasteiger partial charge in [-0.25, -0.2) is 0 Å². The maximum Gasteiger partial charge on any atom is 0.253 e. The highest BCUT2D eigenvalue weighted by Gasteiger charge is 2.28. The van der Waals surface area contributed by atoms with Gasteiger partial charge in [0.2, 0.25) is 0 Å². The third kappa shape index (κ3) is 4.04. The number of hydrogen-bond acceptors (Lipinski definition) is 3. The van der Waals surface area contributed by atoms with Crippen LogP contribution in [0.1, 0.15) is 36.0 Å². The van der Waals surface area contributed by atoms with Crippen molar-refractivity contribution in [3.8, 4) is 0 Å². The van der Waals surface area contributed by atoms with Gasteiger partial charge in [0.05, 0.1) is 0 Å². The number of piperazine rings is 1. The predicted octanol–water partition coefficient (Wildman–Crippen LogP) is 2.90. The van der Waals surface area contributed by atoms with E-state index in [1.165, 1.54) is 31.2 Å². The summed E-state index contributed by atoms with van der Waals surface area (Å²) in [5.74, 6) is 0.184. The van der Waals surface area contributed by atoms with E-state index in [0.717, 1.165) is 56.3 Å². The molecule has 2 aliphatic rings. The van der Waals surface area contributed by atoms with E-state index in [1.807, 2.05) is 11.0 Å². The third-order valence-corrected chi connectivity index (χ3v) is 6.25. The molecule has 0 spiro atoms. The Kier molecular flexibility index (Phi) is 5.50. The molecule has 1 saturated heterocycles. The van der Waals surface area contributed by atoms with Gasteiger partial charge in [-0.05, 0) is 51.2 Å². The molecule has 0 bridgehead atoms. The van der Waals surface area contributed by atoms with Crippen molar-refractivity contribution in [1.82, 2.24) is 19.3 Å². The van der Waals surface area contributed by atoms with Crippen LogP contribution in [0.25, 0.3) is 10.9 Å². The van der Waals surface area contributed by atoms with Crippen molar-refractivity contribution in [2.45, 2.75) is 38.3 Å². The molecule has 1 aromatic carbocycles. The summed E-state index contributed by atoms with van der Waals surface area (Å²) >= 11 is 0. The highest BCUT2D eigenvalue weighted by molar-refractivity contribution is 5.98. The molecule has 2 heterocycles. The molecule has 1 amide bonds. The zero-order valence-electron chi connectivity index (χ0n) is 16.7. The first-order valence-corrected chi connectivity index (χ1v) is 10.4. The number of aromatic nitrogens is 1. The lowest BCUT2D eigenvalue weighted by atomic mass is 10.1. The van der Waals surface area contributed by atoms with Crippen LogP contribution in [0.3, 0.4) is 0 Å². The van der Waals surface area contributed by atoms with Gasteiger partial charge >= 0.3 is 0 Å². The monoisotopic (exact) mass is 368 g/mol. The van der Waals surface area contributed by atoms with Crippen molar-refractivity contribution in [2.24, 2.45) is 0 Å². The smallest absolute Gasteiger partial charge is 0.253 e. The van der Waals surface area contributed by atoms with Crippen LogP contribution >= 0.6 is 0 Å². The molecule has 2 fully saturated rings. The number of likely N-dealkylation sites (N-methyl/N-ethyl adjacent to an activating group) is 1. The molecule has 0 radical (unpaired) electrons. The standard InChI is InChI=1S/C22H32N4O/c1-23(2)11-12-25-10-9-18-17-19(7-8-21(18)25)22(27)26-15-13-24(14-16-26)20-5-3-4-6-20/h7-10,17,20H,3-6,11-16H2,1-2H3.